The Balaban J connectivity index is 1.81. The number of carbonyl (C=O) groups excluding carboxylic acids is 2. The van der Waals surface area contributed by atoms with Crippen molar-refractivity contribution in [2.45, 2.75) is 38.1 Å². The Morgan fingerprint density at radius 3 is 2.36 bits per heavy atom. The highest BCUT2D eigenvalue weighted by Gasteiger charge is 2.30. The summed E-state index contributed by atoms with van der Waals surface area (Å²) in [6.07, 6.45) is 1.29. The minimum atomic E-state index is -0.605. The summed E-state index contributed by atoms with van der Waals surface area (Å²) in [6.45, 7) is 2.96. The van der Waals surface area contributed by atoms with Crippen molar-refractivity contribution in [2.75, 3.05) is 19.4 Å². The van der Waals surface area contributed by atoms with E-state index in [9.17, 15) is 9.59 Å². The van der Waals surface area contributed by atoms with Gasteiger partial charge in [0.1, 0.15) is 11.8 Å². The van der Waals surface area contributed by atoms with Crippen LogP contribution in [0.4, 0.5) is 0 Å². The van der Waals surface area contributed by atoms with E-state index in [1.807, 2.05) is 85.8 Å². The number of rotatable bonds is 13. The van der Waals surface area contributed by atoms with Gasteiger partial charge in [0, 0.05) is 29.7 Å². The van der Waals surface area contributed by atoms with Gasteiger partial charge in [0.05, 0.1) is 12.9 Å². The predicted molar refractivity (Wildman–Crippen MR) is 151 cm³/mol. The summed E-state index contributed by atoms with van der Waals surface area (Å²) in [5, 5.41) is 3.02. The smallest absolute Gasteiger partial charge is 0.243 e. The Labute approximate surface area is 226 Å². The van der Waals surface area contributed by atoms with E-state index in [4.69, 9.17) is 4.74 Å². The molecule has 0 saturated carbocycles. The minimum absolute atomic E-state index is 0.0546. The molecular weight excluding hydrogens is 536 g/mol. The number of thioether (sulfide) groups is 1. The van der Waals surface area contributed by atoms with Gasteiger partial charge in [-0.3, -0.25) is 9.59 Å². The summed E-state index contributed by atoms with van der Waals surface area (Å²) in [5.74, 6) is 1.62. The first-order chi connectivity index (χ1) is 17.5. The second kappa shape index (κ2) is 14.7. The highest BCUT2D eigenvalue weighted by atomic mass is 79.9. The molecule has 0 radical (unpaired) electrons. The standard InChI is InChI=1S/C29H33BrN2O3S/c1-3-16-31-29(34)27(18-22-8-5-4-6-9-22)32(19-24-10-7-11-25(30)17-24)28(33)21-36-20-23-12-14-26(35-2)15-13-23/h4-15,17,27H,3,16,18-21H2,1-2H3,(H,31,34)/t27-/m1/s1. The molecule has 0 aromatic heterocycles. The van der Waals surface area contributed by atoms with Crippen LogP contribution in [-0.4, -0.2) is 42.2 Å². The van der Waals surface area contributed by atoms with E-state index in [0.29, 0.717) is 25.3 Å². The lowest BCUT2D eigenvalue weighted by Crippen LogP contribution is -2.51. The van der Waals surface area contributed by atoms with E-state index in [1.165, 1.54) is 0 Å². The number of hydrogen-bond acceptors (Lipinski definition) is 4. The van der Waals surface area contributed by atoms with E-state index in [-0.39, 0.29) is 17.6 Å². The fourth-order valence-electron chi connectivity index (χ4n) is 3.81. The van der Waals surface area contributed by atoms with Crippen molar-refractivity contribution in [2.24, 2.45) is 0 Å². The molecule has 0 aliphatic rings. The van der Waals surface area contributed by atoms with E-state index < -0.39 is 6.04 Å². The van der Waals surface area contributed by atoms with Crippen LogP contribution in [0.2, 0.25) is 0 Å². The number of halogens is 1. The fourth-order valence-corrected chi connectivity index (χ4v) is 5.13. The Hall–Kier alpha value is -2.77. The lowest BCUT2D eigenvalue weighted by Gasteiger charge is -2.31. The van der Waals surface area contributed by atoms with Crippen LogP contribution in [0.15, 0.2) is 83.3 Å². The minimum Gasteiger partial charge on any atom is -0.497 e. The zero-order valence-electron chi connectivity index (χ0n) is 20.8. The van der Waals surface area contributed by atoms with Gasteiger partial charge < -0.3 is 15.0 Å². The molecule has 0 heterocycles. The maximum atomic E-state index is 13.6. The third kappa shape index (κ3) is 8.71. The highest BCUT2D eigenvalue weighted by Crippen LogP contribution is 2.21. The predicted octanol–water partition coefficient (Wildman–Crippen LogP) is 5.86. The number of methoxy groups -OCH3 is 1. The van der Waals surface area contributed by atoms with Gasteiger partial charge in [0.25, 0.3) is 0 Å². The largest absolute Gasteiger partial charge is 0.497 e. The van der Waals surface area contributed by atoms with Crippen molar-refractivity contribution in [3.05, 3.63) is 100 Å². The second-order valence-corrected chi connectivity index (χ2v) is 10.4. The van der Waals surface area contributed by atoms with Crippen LogP contribution >= 0.6 is 27.7 Å². The van der Waals surface area contributed by atoms with Crippen LogP contribution in [0.5, 0.6) is 5.75 Å². The van der Waals surface area contributed by atoms with Crippen molar-refractivity contribution < 1.29 is 14.3 Å². The zero-order valence-corrected chi connectivity index (χ0v) is 23.2. The average Bonchev–Trinajstić information content (AvgIpc) is 2.90. The van der Waals surface area contributed by atoms with Crippen molar-refractivity contribution in [1.29, 1.82) is 0 Å². The molecule has 0 spiro atoms. The lowest BCUT2D eigenvalue weighted by molar-refractivity contribution is -0.139. The molecule has 0 bridgehead atoms. The summed E-state index contributed by atoms with van der Waals surface area (Å²) < 4.78 is 6.17. The van der Waals surface area contributed by atoms with E-state index in [2.05, 4.69) is 21.2 Å². The maximum absolute atomic E-state index is 13.6. The first-order valence-corrected chi connectivity index (χ1v) is 14.0. The fraction of sp³-hybridized carbons (Fsp3) is 0.310. The maximum Gasteiger partial charge on any atom is 0.243 e. The summed E-state index contributed by atoms with van der Waals surface area (Å²) in [5.41, 5.74) is 3.11. The van der Waals surface area contributed by atoms with Crippen LogP contribution in [0.25, 0.3) is 0 Å². The molecule has 36 heavy (non-hydrogen) atoms. The molecule has 3 aromatic carbocycles. The molecule has 5 nitrogen and oxygen atoms in total. The number of carbonyl (C=O) groups is 2. The van der Waals surface area contributed by atoms with E-state index in [1.54, 1.807) is 23.8 Å². The van der Waals surface area contributed by atoms with E-state index >= 15 is 0 Å². The normalized spacial score (nSPS) is 11.5. The molecule has 2 amide bonds. The summed E-state index contributed by atoms with van der Waals surface area (Å²) in [4.78, 5) is 28.7. The second-order valence-electron chi connectivity index (χ2n) is 8.49. The van der Waals surface area contributed by atoms with Crippen LogP contribution in [0.3, 0.4) is 0 Å². The number of benzene rings is 3. The van der Waals surface area contributed by atoms with Gasteiger partial charge >= 0.3 is 0 Å². The number of nitrogens with zero attached hydrogens (tertiary/aromatic N) is 1. The summed E-state index contributed by atoms with van der Waals surface area (Å²) in [6, 6.07) is 25.0. The Kier molecular flexibility index (Phi) is 11.4. The lowest BCUT2D eigenvalue weighted by atomic mass is 10.0. The van der Waals surface area contributed by atoms with Crippen molar-refractivity contribution in [3.8, 4) is 5.75 Å². The van der Waals surface area contributed by atoms with Crippen LogP contribution < -0.4 is 10.1 Å². The molecule has 190 valence electrons. The quantitative estimate of drug-likeness (QED) is 0.280. The number of nitrogens with one attached hydrogen (secondary N) is 1. The van der Waals surface area contributed by atoms with Gasteiger partial charge in [0.15, 0.2) is 0 Å². The SMILES string of the molecule is CCCNC(=O)[C@@H](Cc1ccccc1)N(Cc1cccc(Br)c1)C(=O)CSCc1ccc(OC)cc1. The van der Waals surface area contributed by atoms with Gasteiger partial charge in [-0.2, -0.15) is 0 Å². The van der Waals surface area contributed by atoms with Crippen LogP contribution in [0.1, 0.15) is 30.0 Å². The monoisotopic (exact) mass is 568 g/mol. The summed E-state index contributed by atoms with van der Waals surface area (Å²) in [7, 11) is 1.64. The van der Waals surface area contributed by atoms with Crippen LogP contribution in [-0.2, 0) is 28.3 Å². The Morgan fingerprint density at radius 2 is 1.69 bits per heavy atom. The first kappa shape index (κ1) is 27.8. The van der Waals surface area contributed by atoms with Crippen molar-refractivity contribution >= 4 is 39.5 Å². The van der Waals surface area contributed by atoms with Crippen molar-refractivity contribution in [3.63, 3.8) is 0 Å². The third-order valence-electron chi connectivity index (χ3n) is 5.72. The molecule has 3 rings (SSSR count). The Bertz CT molecular complexity index is 1110. The summed E-state index contributed by atoms with van der Waals surface area (Å²) >= 11 is 5.08. The molecule has 0 aliphatic heterocycles. The first-order valence-electron chi connectivity index (χ1n) is 12.1. The molecule has 3 aromatic rings. The zero-order chi connectivity index (χ0) is 25.8. The third-order valence-corrected chi connectivity index (χ3v) is 7.20. The van der Waals surface area contributed by atoms with Gasteiger partial charge in [-0.1, -0.05) is 77.5 Å². The van der Waals surface area contributed by atoms with Crippen molar-refractivity contribution in [1.82, 2.24) is 10.2 Å². The molecule has 1 N–H and O–H groups in total. The molecule has 0 saturated heterocycles. The number of hydrogen-bond donors (Lipinski definition) is 1. The number of amides is 2. The highest BCUT2D eigenvalue weighted by molar-refractivity contribution is 9.10. The van der Waals surface area contributed by atoms with Gasteiger partial charge in [-0.05, 0) is 47.4 Å². The Morgan fingerprint density at radius 1 is 0.972 bits per heavy atom. The topological polar surface area (TPSA) is 58.6 Å². The van der Waals surface area contributed by atoms with Gasteiger partial charge in [-0.25, -0.2) is 0 Å². The molecule has 7 heteroatoms. The molecule has 1 atom stereocenters. The van der Waals surface area contributed by atoms with Gasteiger partial charge in [0.2, 0.25) is 11.8 Å². The molecule has 0 aliphatic carbocycles. The molecule has 0 unspecified atom stereocenters. The van der Waals surface area contributed by atoms with Crippen LogP contribution in [0, 0.1) is 0 Å². The molecule has 0 fully saturated rings. The number of ether oxygens (including phenoxy) is 1. The average molecular weight is 570 g/mol. The van der Waals surface area contributed by atoms with E-state index in [0.717, 1.165) is 33.3 Å². The van der Waals surface area contributed by atoms with Gasteiger partial charge in [-0.15, -0.1) is 11.8 Å². The molecular formula is C29H33BrN2O3S.